The summed E-state index contributed by atoms with van der Waals surface area (Å²) in [5.74, 6) is 0.934. The number of aliphatic hydroxyl groups is 1. The first-order valence-electron chi connectivity index (χ1n) is 6.63. The lowest BCUT2D eigenvalue weighted by Crippen LogP contribution is -2.36. The van der Waals surface area contributed by atoms with E-state index in [2.05, 4.69) is 10.6 Å². The van der Waals surface area contributed by atoms with Crippen LogP contribution in [-0.4, -0.2) is 30.9 Å². The van der Waals surface area contributed by atoms with Crippen LogP contribution in [0.1, 0.15) is 12.0 Å². The molecule has 108 valence electrons. The lowest BCUT2D eigenvalue weighted by molar-refractivity contribution is 0.238. The number of amides is 2. The van der Waals surface area contributed by atoms with E-state index in [1.165, 1.54) is 0 Å². The van der Waals surface area contributed by atoms with Gasteiger partial charge in [0.05, 0.1) is 7.11 Å². The third-order valence-corrected chi connectivity index (χ3v) is 3.38. The second-order valence-electron chi connectivity index (χ2n) is 4.95. The van der Waals surface area contributed by atoms with Gasteiger partial charge in [-0.3, -0.25) is 0 Å². The Labute approximate surface area is 118 Å². The normalized spacial score (nSPS) is 20.8. The lowest BCUT2D eigenvalue weighted by Gasteiger charge is -2.14. The SMILES string of the molecule is COc1ccc(NC(=O)N[C@@H]2C=C[C@H](CO)C2)cc1C. The molecule has 0 aliphatic heterocycles. The van der Waals surface area contributed by atoms with Crippen molar-refractivity contribution in [3.8, 4) is 5.75 Å². The first-order chi connectivity index (χ1) is 9.62. The zero-order valence-electron chi connectivity index (χ0n) is 11.7. The van der Waals surface area contributed by atoms with Crippen LogP contribution in [0.5, 0.6) is 5.75 Å². The number of aryl methyl sites for hydroxylation is 1. The van der Waals surface area contributed by atoms with Gasteiger partial charge in [0, 0.05) is 24.3 Å². The number of rotatable bonds is 4. The Morgan fingerprint density at radius 3 is 2.85 bits per heavy atom. The smallest absolute Gasteiger partial charge is 0.319 e. The fraction of sp³-hybridized carbons (Fsp3) is 0.400. The fourth-order valence-electron chi connectivity index (χ4n) is 2.31. The van der Waals surface area contributed by atoms with E-state index in [-0.39, 0.29) is 24.6 Å². The van der Waals surface area contributed by atoms with E-state index in [4.69, 9.17) is 9.84 Å². The predicted octanol–water partition coefficient (Wildman–Crippen LogP) is 2.06. The molecule has 0 spiro atoms. The molecular formula is C15H20N2O3. The first-order valence-corrected chi connectivity index (χ1v) is 6.63. The summed E-state index contributed by atoms with van der Waals surface area (Å²) in [6, 6.07) is 5.21. The highest BCUT2D eigenvalue weighted by Gasteiger charge is 2.19. The third-order valence-electron chi connectivity index (χ3n) is 3.38. The molecule has 0 aromatic heterocycles. The Hall–Kier alpha value is -2.01. The Kier molecular flexibility index (Phi) is 4.63. The van der Waals surface area contributed by atoms with E-state index in [1.807, 2.05) is 31.2 Å². The maximum absolute atomic E-state index is 11.9. The topological polar surface area (TPSA) is 70.6 Å². The van der Waals surface area contributed by atoms with Gasteiger partial charge in [0.15, 0.2) is 0 Å². The van der Waals surface area contributed by atoms with Crippen molar-refractivity contribution in [3.63, 3.8) is 0 Å². The van der Waals surface area contributed by atoms with Crippen molar-refractivity contribution in [1.29, 1.82) is 0 Å². The molecular weight excluding hydrogens is 256 g/mol. The second kappa shape index (κ2) is 6.43. The van der Waals surface area contributed by atoms with E-state index in [9.17, 15) is 4.79 Å². The second-order valence-corrected chi connectivity index (χ2v) is 4.95. The largest absolute Gasteiger partial charge is 0.496 e. The van der Waals surface area contributed by atoms with Crippen molar-refractivity contribution in [2.75, 3.05) is 19.0 Å². The van der Waals surface area contributed by atoms with E-state index in [0.717, 1.165) is 23.4 Å². The maximum atomic E-state index is 11.9. The molecule has 0 saturated carbocycles. The van der Waals surface area contributed by atoms with Crippen molar-refractivity contribution in [2.24, 2.45) is 5.92 Å². The number of carbonyl (C=O) groups is 1. The predicted molar refractivity (Wildman–Crippen MR) is 78.0 cm³/mol. The number of methoxy groups -OCH3 is 1. The number of urea groups is 1. The number of anilines is 1. The maximum Gasteiger partial charge on any atom is 0.319 e. The van der Waals surface area contributed by atoms with Gasteiger partial charge in [-0.1, -0.05) is 12.2 Å². The van der Waals surface area contributed by atoms with Gasteiger partial charge in [0.2, 0.25) is 0 Å². The van der Waals surface area contributed by atoms with E-state index in [1.54, 1.807) is 13.2 Å². The van der Waals surface area contributed by atoms with E-state index < -0.39 is 0 Å². The molecule has 5 nitrogen and oxygen atoms in total. The van der Waals surface area contributed by atoms with Gasteiger partial charge in [-0.2, -0.15) is 0 Å². The van der Waals surface area contributed by atoms with E-state index in [0.29, 0.717) is 0 Å². The van der Waals surface area contributed by atoms with Crippen LogP contribution in [0.4, 0.5) is 10.5 Å². The molecule has 0 heterocycles. The number of benzene rings is 1. The molecule has 0 fully saturated rings. The minimum Gasteiger partial charge on any atom is -0.496 e. The van der Waals surface area contributed by atoms with Gasteiger partial charge < -0.3 is 20.5 Å². The molecule has 0 unspecified atom stereocenters. The Balaban J connectivity index is 1.89. The molecule has 1 aliphatic carbocycles. The molecule has 3 N–H and O–H groups in total. The molecule has 1 aromatic rings. The average Bonchev–Trinajstić information content (AvgIpc) is 2.86. The molecule has 5 heteroatoms. The van der Waals surface area contributed by atoms with Gasteiger partial charge in [-0.25, -0.2) is 4.79 Å². The monoisotopic (exact) mass is 276 g/mol. The fourth-order valence-corrected chi connectivity index (χ4v) is 2.31. The Morgan fingerprint density at radius 2 is 2.25 bits per heavy atom. The van der Waals surface area contributed by atoms with Crippen molar-refractivity contribution in [2.45, 2.75) is 19.4 Å². The van der Waals surface area contributed by atoms with Crippen LogP contribution in [0, 0.1) is 12.8 Å². The molecule has 2 rings (SSSR count). The van der Waals surface area contributed by atoms with Gasteiger partial charge in [0.1, 0.15) is 5.75 Å². The molecule has 0 radical (unpaired) electrons. The molecule has 20 heavy (non-hydrogen) atoms. The summed E-state index contributed by atoms with van der Waals surface area (Å²) in [5, 5.41) is 14.7. The Bertz CT molecular complexity index is 514. The Morgan fingerprint density at radius 1 is 1.45 bits per heavy atom. The van der Waals surface area contributed by atoms with Gasteiger partial charge in [-0.15, -0.1) is 0 Å². The standard InChI is InChI=1S/C15H20N2O3/c1-10-7-12(5-6-14(10)20-2)16-15(19)17-13-4-3-11(8-13)9-18/h3-7,11,13,18H,8-9H2,1-2H3,(H2,16,17,19)/t11-,13+/m0/s1. The molecule has 1 aliphatic rings. The number of carbonyl (C=O) groups excluding carboxylic acids is 1. The number of ether oxygens (including phenoxy) is 1. The zero-order chi connectivity index (χ0) is 14.5. The summed E-state index contributed by atoms with van der Waals surface area (Å²) < 4.78 is 5.18. The summed E-state index contributed by atoms with van der Waals surface area (Å²) >= 11 is 0. The van der Waals surface area contributed by atoms with Crippen LogP contribution in [-0.2, 0) is 0 Å². The quantitative estimate of drug-likeness (QED) is 0.737. The van der Waals surface area contributed by atoms with Crippen LogP contribution >= 0.6 is 0 Å². The molecule has 2 amide bonds. The van der Waals surface area contributed by atoms with Crippen LogP contribution < -0.4 is 15.4 Å². The minimum atomic E-state index is -0.247. The van der Waals surface area contributed by atoms with Crippen LogP contribution in [0.15, 0.2) is 30.4 Å². The zero-order valence-corrected chi connectivity index (χ0v) is 11.7. The van der Waals surface area contributed by atoms with Crippen LogP contribution in [0.3, 0.4) is 0 Å². The summed E-state index contributed by atoms with van der Waals surface area (Å²) in [7, 11) is 1.62. The number of hydrogen-bond acceptors (Lipinski definition) is 3. The molecule has 2 atom stereocenters. The summed E-state index contributed by atoms with van der Waals surface area (Å²) in [6.45, 7) is 2.04. The molecule has 0 bridgehead atoms. The highest BCUT2D eigenvalue weighted by atomic mass is 16.5. The van der Waals surface area contributed by atoms with Gasteiger partial charge in [0.25, 0.3) is 0 Å². The summed E-state index contributed by atoms with van der Waals surface area (Å²) in [4.78, 5) is 11.9. The van der Waals surface area contributed by atoms with Crippen LogP contribution in [0.25, 0.3) is 0 Å². The van der Waals surface area contributed by atoms with Gasteiger partial charge in [-0.05, 0) is 37.1 Å². The summed E-state index contributed by atoms with van der Waals surface area (Å²) in [6.07, 6.45) is 4.59. The highest BCUT2D eigenvalue weighted by molar-refractivity contribution is 5.89. The summed E-state index contributed by atoms with van der Waals surface area (Å²) in [5.41, 5.74) is 1.69. The van der Waals surface area contributed by atoms with Crippen molar-refractivity contribution < 1.29 is 14.6 Å². The minimum absolute atomic E-state index is 0.0218. The van der Waals surface area contributed by atoms with Crippen molar-refractivity contribution in [3.05, 3.63) is 35.9 Å². The number of aliphatic hydroxyl groups excluding tert-OH is 1. The van der Waals surface area contributed by atoms with E-state index >= 15 is 0 Å². The van der Waals surface area contributed by atoms with Gasteiger partial charge >= 0.3 is 6.03 Å². The third kappa shape index (κ3) is 3.51. The first kappa shape index (κ1) is 14.4. The lowest BCUT2D eigenvalue weighted by atomic mass is 10.1. The van der Waals surface area contributed by atoms with Crippen molar-refractivity contribution >= 4 is 11.7 Å². The highest BCUT2D eigenvalue weighted by Crippen LogP contribution is 2.21. The average molecular weight is 276 g/mol. The number of nitrogens with one attached hydrogen (secondary N) is 2. The van der Waals surface area contributed by atoms with Crippen LogP contribution in [0.2, 0.25) is 0 Å². The molecule has 0 saturated heterocycles. The molecule has 1 aromatic carbocycles. The van der Waals surface area contributed by atoms with Crippen molar-refractivity contribution in [1.82, 2.24) is 5.32 Å². The number of hydrogen-bond donors (Lipinski definition) is 3.